The van der Waals surface area contributed by atoms with Crippen LogP contribution in [0.4, 0.5) is 0 Å². The van der Waals surface area contributed by atoms with Gasteiger partial charge in [-0.05, 0) is 18.4 Å². The number of ether oxygens (including phenoxy) is 1. The van der Waals surface area contributed by atoms with Gasteiger partial charge in [0, 0.05) is 6.07 Å². The van der Waals surface area contributed by atoms with Crippen molar-refractivity contribution in [2.24, 2.45) is 0 Å². The molecule has 0 bridgehead atoms. The van der Waals surface area contributed by atoms with Gasteiger partial charge in [-0.3, -0.25) is 0 Å². The lowest BCUT2D eigenvalue weighted by Crippen LogP contribution is -2.08. The Morgan fingerprint density at radius 2 is 2.25 bits per heavy atom. The number of rotatable bonds is 2. The lowest BCUT2D eigenvalue weighted by molar-refractivity contribution is 0.0738. The van der Waals surface area contributed by atoms with Crippen LogP contribution in [0, 0.1) is 6.92 Å². The van der Waals surface area contributed by atoms with Gasteiger partial charge in [0.05, 0.1) is 6.07 Å². The second kappa shape index (κ2) is 4.32. The van der Waals surface area contributed by atoms with Crippen molar-refractivity contribution in [3.8, 4) is 5.75 Å². The summed E-state index contributed by atoms with van der Waals surface area (Å²) in [6.07, 6.45) is 0. The Morgan fingerprint density at radius 1 is 1.44 bits per heavy atom. The van der Waals surface area contributed by atoms with E-state index in [2.05, 4.69) is 0 Å². The molecule has 4 nitrogen and oxygen atoms in total. The summed E-state index contributed by atoms with van der Waals surface area (Å²) in [6, 6.07) is 6.04. The van der Waals surface area contributed by atoms with Crippen LogP contribution in [0.15, 0.2) is 38.9 Å². The molecule has 0 fully saturated rings. The third-order valence-electron chi connectivity index (χ3n) is 1.80. The van der Waals surface area contributed by atoms with Crippen molar-refractivity contribution in [1.29, 1.82) is 0 Å². The molecule has 16 heavy (non-hydrogen) atoms. The van der Waals surface area contributed by atoms with Crippen molar-refractivity contribution < 1.29 is 13.9 Å². The average Bonchev–Trinajstić information content (AvgIpc) is 2.68. The number of thiophene rings is 1. The molecule has 0 radical (unpaired) electrons. The van der Waals surface area contributed by atoms with Gasteiger partial charge < -0.3 is 9.15 Å². The topological polar surface area (TPSA) is 56.5 Å². The first-order chi connectivity index (χ1) is 7.65. The predicted octanol–water partition coefficient (Wildman–Crippen LogP) is 2.23. The fourth-order valence-corrected chi connectivity index (χ4v) is 1.79. The molecule has 5 heteroatoms. The maximum absolute atomic E-state index is 11.6. The fraction of sp³-hybridized carbons (Fsp3) is 0.0909. The van der Waals surface area contributed by atoms with Crippen LogP contribution in [0.5, 0.6) is 5.75 Å². The van der Waals surface area contributed by atoms with Crippen LogP contribution in [0.1, 0.15) is 15.4 Å². The van der Waals surface area contributed by atoms with Gasteiger partial charge in [-0.1, -0.05) is 6.07 Å². The molecule has 82 valence electrons. The van der Waals surface area contributed by atoms with E-state index < -0.39 is 11.6 Å². The molecule has 0 atom stereocenters. The maximum Gasteiger partial charge on any atom is 0.353 e. The molecule has 0 aliphatic heterocycles. The number of carbonyl (C=O) groups excluding carboxylic acids is 1. The zero-order valence-electron chi connectivity index (χ0n) is 8.43. The van der Waals surface area contributed by atoms with E-state index in [0.717, 1.165) is 6.07 Å². The first kappa shape index (κ1) is 10.6. The van der Waals surface area contributed by atoms with Crippen molar-refractivity contribution >= 4 is 17.3 Å². The summed E-state index contributed by atoms with van der Waals surface area (Å²) in [6.45, 7) is 1.61. The monoisotopic (exact) mass is 236 g/mol. The molecule has 2 aromatic rings. The van der Waals surface area contributed by atoms with E-state index in [4.69, 9.17) is 9.15 Å². The summed E-state index contributed by atoms with van der Waals surface area (Å²) in [7, 11) is 0. The van der Waals surface area contributed by atoms with E-state index in [-0.39, 0.29) is 5.75 Å². The third kappa shape index (κ3) is 2.38. The Balaban J connectivity index is 2.21. The lowest BCUT2D eigenvalue weighted by atomic mass is 10.4. The second-order valence-electron chi connectivity index (χ2n) is 3.09. The molecule has 0 N–H and O–H groups in total. The first-order valence-corrected chi connectivity index (χ1v) is 5.40. The highest BCUT2D eigenvalue weighted by Crippen LogP contribution is 2.15. The normalized spacial score (nSPS) is 10.1. The van der Waals surface area contributed by atoms with Crippen LogP contribution in [0.3, 0.4) is 0 Å². The fourth-order valence-electron chi connectivity index (χ4n) is 1.19. The summed E-state index contributed by atoms with van der Waals surface area (Å²) in [4.78, 5) is 23.1. The quantitative estimate of drug-likeness (QED) is 0.750. The molecule has 0 unspecified atom stereocenters. The summed E-state index contributed by atoms with van der Waals surface area (Å²) >= 11 is 1.28. The van der Waals surface area contributed by atoms with Gasteiger partial charge in [-0.15, -0.1) is 11.3 Å². The highest BCUT2D eigenvalue weighted by Gasteiger charge is 2.10. The van der Waals surface area contributed by atoms with Gasteiger partial charge in [-0.2, -0.15) is 0 Å². The molecule has 2 aromatic heterocycles. The molecular weight excluding hydrogens is 228 g/mol. The third-order valence-corrected chi connectivity index (χ3v) is 2.65. The maximum atomic E-state index is 11.6. The largest absolute Gasteiger partial charge is 0.428 e. The number of carbonyl (C=O) groups is 1. The standard InChI is InChI=1S/C11H8O4S/c1-7-5-8(6-10(12)14-7)15-11(13)9-3-2-4-16-9/h2-6H,1H3. The van der Waals surface area contributed by atoms with Crippen molar-refractivity contribution in [3.63, 3.8) is 0 Å². The summed E-state index contributed by atoms with van der Waals surface area (Å²) in [5, 5.41) is 1.78. The van der Waals surface area contributed by atoms with Crippen molar-refractivity contribution in [2.45, 2.75) is 6.92 Å². The minimum Gasteiger partial charge on any atom is -0.428 e. The molecule has 0 aromatic carbocycles. The highest BCUT2D eigenvalue weighted by atomic mass is 32.1. The molecule has 0 aliphatic carbocycles. The average molecular weight is 236 g/mol. The van der Waals surface area contributed by atoms with Crippen LogP contribution < -0.4 is 10.4 Å². The molecule has 2 heterocycles. The van der Waals surface area contributed by atoms with Gasteiger partial charge in [0.2, 0.25) is 0 Å². The minimum absolute atomic E-state index is 0.201. The molecular formula is C11H8O4S. The Morgan fingerprint density at radius 3 is 2.88 bits per heavy atom. The molecule has 2 rings (SSSR count). The van der Waals surface area contributed by atoms with Crippen molar-refractivity contribution in [1.82, 2.24) is 0 Å². The summed E-state index contributed by atoms with van der Waals surface area (Å²) < 4.78 is 9.78. The summed E-state index contributed by atoms with van der Waals surface area (Å²) in [5.41, 5.74) is -0.533. The number of hydrogen-bond acceptors (Lipinski definition) is 5. The van der Waals surface area contributed by atoms with Crippen LogP contribution in [0.2, 0.25) is 0 Å². The molecule has 0 aliphatic rings. The Kier molecular flexibility index (Phi) is 2.87. The Bertz CT molecular complexity index is 554. The first-order valence-electron chi connectivity index (χ1n) is 4.52. The van der Waals surface area contributed by atoms with E-state index in [1.807, 2.05) is 0 Å². The Hall–Kier alpha value is -1.88. The van der Waals surface area contributed by atoms with Gasteiger partial charge in [0.25, 0.3) is 0 Å². The SMILES string of the molecule is Cc1cc(OC(=O)c2cccs2)cc(=O)o1. The molecule has 0 amide bonds. The van der Waals surface area contributed by atoms with E-state index >= 15 is 0 Å². The van der Waals surface area contributed by atoms with Gasteiger partial charge >= 0.3 is 11.6 Å². The predicted molar refractivity (Wildman–Crippen MR) is 59.0 cm³/mol. The lowest BCUT2D eigenvalue weighted by Gasteiger charge is -2.01. The van der Waals surface area contributed by atoms with Gasteiger partial charge in [0.15, 0.2) is 0 Å². The van der Waals surface area contributed by atoms with E-state index in [9.17, 15) is 9.59 Å². The van der Waals surface area contributed by atoms with Crippen molar-refractivity contribution in [3.05, 3.63) is 50.7 Å². The molecule has 0 saturated heterocycles. The number of hydrogen-bond donors (Lipinski definition) is 0. The molecule has 0 spiro atoms. The number of aryl methyl sites for hydroxylation is 1. The van der Waals surface area contributed by atoms with E-state index in [0.29, 0.717) is 10.6 Å². The number of esters is 1. The minimum atomic E-state index is -0.533. The smallest absolute Gasteiger partial charge is 0.353 e. The van der Waals surface area contributed by atoms with Crippen molar-refractivity contribution in [2.75, 3.05) is 0 Å². The zero-order chi connectivity index (χ0) is 11.5. The van der Waals surface area contributed by atoms with Gasteiger partial charge in [-0.25, -0.2) is 9.59 Å². The van der Waals surface area contributed by atoms with Crippen LogP contribution >= 0.6 is 11.3 Å². The van der Waals surface area contributed by atoms with Crippen LogP contribution in [-0.2, 0) is 0 Å². The Labute approximate surface area is 95.1 Å². The van der Waals surface area contributed by atoms with Crippen LogP contribution in [-0.4, -0.2) is 5.97 Å². The van der Waals surface area contributed by atoms with Crippen LogP contribution in [0.25, 0.3) is 0 Å². The zero-order valence-corrected chi connectivity index (χ0v) is 9.24. The summed E-state index contributed by atoms with van der Waals surface area (Å²) in [5.74, 6) is 0.133. The van der Waals surface area contributed by atoms with E-state index in [1.54, 1.807) is 24.4 Å². The second-order valence-corrected chi connectivity index (χ2v) is 4.04. The van der Waals surface area contributed by atoms with Gasteiger partial charge in [0.1, 0.15) is 16.4 Å². The highest BCUT2D eigenvalue weighted by molar-refractivity contribution is 7.12. The van der Waals surface area contributed by atoms with E-state index in [1.165, 1.54) is 17.4 Å². The molecule has 0 saturated carbocycles.